The van der Waals surface area contributed by atoms with Crippen molar-refractivity contribution in [2.75, 3.05) is 33.9 Å². The molecule has 2 amide bonds. The topological polar surface area (TPSA) is 59.1 Å². The van der Waals surface area contributed by atoms with Gasteiger partial charge in [-0.05, 0) is 29.7 Å². The number of amides is 2. The van der Waals surface area contributed by atoms with Gasteiger partial charge in [0.15, 0.2) is 11.5 Å². The molecule has 2 aliphatic rings. The van der Waals surface area contributed by atoms with Gasteiger partial charge < -0.3 is 19.3 Å². The Morgan fingerprint density at radius 1 is 1.23 bits per heavy atom. The van der Waals surface area contributed by atoms with Crippen LogP contribution in [0.3, 0.4) is 0 Å². The Hall–Kier alpha value is -2.24. The lowest BCUT2D eigenvalue weighted by Crippen LogP contribution is -2.55. The molecule has 0 radical (unpaired) electrons. The van der Waals surface area contributed by atoms with Gasteiger partial charge in [-0.25, -0.2) is 0 Å². The maximum atomic E-state index is 12.3. The molecule has 6 heteroatoms. The summed E-state index contributed by atoms with van der Waals surface area (Å²) >= 11 is 0. The third kappa shape index (κ3) is 2.28. The van der Waals surface area contributed by atoms with Crippen molar-refractivity contribution in [1.29, 1.82) is 0 Å². The normalized spacial score (nSPS) is 20.3. The monoisotopic (exact) mass is 304 g/mol. The van der Waals surface area contributed by atoms with Crippen LogP contribution < -0.4 is 9.47 Å². The first kappa shape index (κ1) is 14.7. The van der Waals surface area contributed by atoms with Gasteiger partial charge in [0.25, 0.3) is 0 Å². The van der Waals surface area contributed by atoms with E-state index < -0.39 is 0 Å². The zero-order valence-electron chi connectivity index (χ0n) is 13.1. The van der Waals surface area contributed by atoms with E-state index in [9.17, 15) is 9.59 Å². The van der Waals surface area contributed by atoms with E-state index in [1.165, 1.54) is 6.92 Å². The van der Waals surface area contributed by atoms with Gasteiger partial charge in [-0.2, -0.15) is 0 Å². The molecule has 6 nitrogen and oxygen atoms in total. The molecule has 118 valence electrons. The van der Waals surface area contributed by atoms with Crippen LogP contribution in [-0.4, -0.2) is 55.5 Å². The SMILES string of the molecule is COc1cc2c(cc1OC)C1CN(C(C)=O)CC(=O)N1CC2. The van der Waals surface area contributed by atoms with Crippen molar-refractivity contribution < 1.29 is 19.1 Å². The molecular formula is C16H20N2O4. The van der Waals surface area contributed by atoms with Gasteiger partial charge >= 0.3 is 0 Å². The first-order valence-electron chi connectivity index (χ1n) is 7.35. The highest BCUT2D eigenvalue weighted by molar-refractivity contribution is 5.86. The molecule has 22 heavy (non-hydrogen) atoms. The Kier molecular flexibility index (Phi) is 3.68. The number of rotatable bonds is 2. The molecule has 1 unspecified atom stereocenters. The van der Waals surface area contributed by atoms with Gasteiger partial charge in [0, 0.05) is 20.0 Å². The summed E-state index contributed by atoms with van der Waals surface area (Å²) < 4.78 is 10.7. The highest BCUT2D eigenvalue weighted by atomic mass is 16.5. The average molecular weight is 304 g/mol. The largest absolute Gasteiger partial charge is 0.493 e. The quantitative estimate of drug-likeness (QED) is 0.817. The summed E-state index contributed by atoms with van der Waals surface area (Å²) in [6.07, 6.45) is 0.790. The predicted octanol–water partition coefficient (Wildman–Crippen LogP) is 0.992. The fraction of sp³-hybridized carbons (Fsp3) is 0.500. The van der Waals surface area contributed by atoms with Crippen molar-refractivity contribution in [1.82, 2.24) is 9.80 Å². The molecule has 1 aromatic rings. The minimum atomic E-state index is -0.103. The highest BCUT2D eigenvalue weighted by Gasteiger charge is 2.38. The molecule has 0 saturated carbocycles. The average Bonchev–Trinajstić information content (AvgIpc) is 2.52. The van der Waals surface area contributed by atoms with E-state index in [4.69, 9.17) is 9.47 Å². The van der Waals surface area contributed by atoms with Gasteiger partial charge in [0.2, 0.25) is 11.8 Å². The number of fused-ring (bicyclic) bond motifs is 3. The van der Waals surface area contributed by atoms with Crippen molar-refractivity contribution >= 4 is 11.8 Å². The number of benzene rings is 1. The maximum absolute atomic E-state index is 12.3. The van der Waals surface area contributed by atoms with Crippen LogP contribution in [0.15, 0.2) is 12.1 Å². The summed E-state index contributed by atoms with van der Waals surface area (Å²) in [5, 5.41) is 0. The number of carbonyl (C=O) groups is 2. The molecule has 1 aromatic carbocycles. The Morgan fingerprint density at radius 3 is 2.55 bits per heavy atom. The first-order chi connectivity index (χ1) is 10.5. The van der Waals surface area contributed by atoms with Crippen LogP contribution in [0.5, 0.6) is 11.5 Å². The fourth-order valence-electron chi connectivity index (χ4n) is 3.29. The van der Waals surface area contributed by atoms with Gasteiger partial charge in [0.05, 0.1) is 26.8 Å². The smallest absolute Gasteiger partial charge is 0.242 e. The van der Waals surface area contributed by atoms with Crippen molar-refractivity contribution in [3.63, 3.8) is 0 Å². The fourth-order valence-corrected chi connectivity index (χ4v) is 3.29. The highest BCUT2D eigenvalue weighted by Crippen LogP contribution is 2.39. The second kappa shape index (κ2) is 5.51. The number of nitrogens with zero attached hydrogens (tertiary/aromatic N) is 2. The number of ether oxygens (including phenoxy) is 2. The summed E-state index contributed by atoms with van der Waals surface area (Å²) in [6, 6.07) is 3.80. The number of carbonyl (C=O) groups excluding carboxylic acids is 2. The van der Waals surface area contributed by atoms with Crippen molar-refractivity contribution in [3.05, 3.63) is 23.3 Å². The third-order valence-corrected chi connectivity index (χ3v) is 4.49. The molecule has 3 rings (SSSR count). The van der Waals surface area contributed by atoms with Gasteiger partial charge in [-0.15, -0.1) is 0 Å². The lowest BCUT2D eigenvalue weighted by Gasteiger charge is -2.44. The maximum Gasteiger partial charge on any atom is 0.242 e. The van der Waals surface area contributed by atoms with E-state index >= 15 is 0 Å². The summed E-state index contributed by atoms with van der Waals surface area (Å²) in [4.78, 5) is 27.4. The number of hydrogen-bond donors (Lipinski definition) is 0. The van der Waals surface area contributed by atoms with E-state index in [0.717, 1.165) is 17.5 Å². The van der Waals surface area contributed by atoms with E-state index in [1.807, 2.05) is 17.0 Å². The number of methoxy groups -OCH3 is 2. The minimum absolute atomic E-state index is 0.00637. The lowest BCUT2D eigenvalue weighted by molar-refractivity contribution is -0.148. The number of hydrogen-bond acceptors (Lipinski definition) is 4. The van der Waals surface area contributed by atoms with Crippen molar-refractivity contribution in [3.8, 4) is 11.5 Å². The number of piperazine rings is 1. The van der Waals surface area contributed by atoms with Crippen LogP contribution in [0.4, 0.5) is 0 Å². The molecule has 2 aliphatic heterocycles. The summed E-state index contributed by atoms with van der Waals surface area (Å²) in [5.41, 5.74) is 2.19. The lowest BCUT2D eigenvalue weighted by atomic mass is 9.90. The van der Waals surface area contributed by atoms with E-state index in [-0.39, 0.29) is 24.4 Å². The van der Waals surface area contributed by atoms with Crippen molar-refractivity contribution in [2.24, 2.45) is 0 Å². The molecule has 1 fully saturated rings. The predicted molar refractivity (Wildman–Crippen MR) is 80.0 cm³/mol. The molecule has 1 saturated heterocycles. The summed E-state index contributed by atoms with van der Waals surface area (Å²) in [7, 11) is 3.21. The molecular weight excluding hydrogens is 284 g/mol. The second-order valence-corrected chi connectivity index (χ2v) is 5.66. The van der Waals surface area contributed by atoms with E-state index in [0.29, 0.717) is 24.6 Å². The molecule has 0 aliphatic carbocycles. The van der Waals surface area contributed by atoms with Crippen molar-refractivity contribution in [2.45, 2.75) is 19.4 Å². The van der Waals surface area contributed by atoms with Crippen LogP contribution in [0.2, 0.25) is 0 Å². The summed E-state index contributed by atoms with van der Waals surface area (Å²) in [5.74, 6) is 1.28. The van der Waals surface area contributed by atoms with Gasteiger partial charge in [-0.1, -0.05) is 0 Å². The molecule has 0 spiro atoms. The van der Waals surface area contributed by atoms with E-state index in [2.05, 4.69) is 0 Å². The Bertz CT molecular complexity index is 629. The van der Waals surface area contributed by atoms with Crippen LogP contribution in [-0.2, 0) is 16.0 Å². The van der Waals surface area contributed by atoms with Gasteiger partial charge in [-0.3, -0.25) is 9.59 Å². The van der Waals surface area contributed by atoms with E-state index in [1.54, 1.807) is 19.1 Å². The standard InChI is InChI=1S/C16H20N2O4/c1-10(19)17-8-13-12-7-15(22-3)14(21-2)6-11(12)4-5-18(13)16(20)9-17/h6-7,13H,4-5,8-9H2,1-3H3. The minimum Gasteiger partial charge on any atom is -0.493 e. The molecule has 1 atom stereocenters. The summed E-state index contributed by atoms with van der Waals surface area (Å²) in [6.45, 7) is 2.89. The zero-order chi connectivity index (χ0) is 15.9. The second-order valence-electron chi connectivity index (χ2n) is 5.66. The third-order valence-electron chi connectivity index (χ3n) is 4.49. The molecule has 0 bridgehead atoms. The zero-order valence-corrected chi connectivity index (χ0v) is 13.1. The van der Waals surface area contributed by atoms with Crippen LogP contribution in [0.25, 0.3) is 0 Å². The van der Waals surface area contributed by atoms with Crippen LogP contribution >= 0.6 is 0 Å². The Balaban J connectivity index is 2.03. The van der Waals surface area contributed by atoms with Gasteiger partial charge in [0.1, 0.15) is 0 Å². The van der Waals surface area contributed by atoms with Crippen LogP contribution in [0.1, 0.15) is 24.1 Å². The van der Waals surface area contributed by atoms with Crippen LogP contribution in [0, 0.1) is 0 Å². The molecule has 0 aromatic heterocycles. The molecule has 0 N–H and O–H groups in total. The first-order valence-corrected chi connectivity index (χ1v) is 7.35. The Labute approximate surface area is 129 Å². The Morgan fingerprint density at radius 2 is 1.91 bits per heavy atom. The molecule has 2 heterocycles.